The molecule has 64 valence electrons. The second kappa shape index (κ2) is 4.74. The van der Waals surface area contributed by atoms with Gasteiger partial charge in [-0.3, -0.25) is 0 Å². The Bertz CT molecular complexity index is 285. The zero-order valence-corrected chi connectivity index (χ0v) is 9.01. The summed E-state index contributed by atoms with van der Waals surface area (Å²) < 4.78 is 5.82. The molecule has 0 spiro atoms. The summed E-state index contributed by atoms with van der Waals surface area (Å²) >= 11 is 9.09. The van der Waals surface area contributed by atoms with Crippen LogP contribution in [0.2, 0.25) is 0 Å². The van der Waals surface area contributed by atoms with Crippen molar-refractivity contribution in [1.29, 1.82) is 0 Å². The lowest BCUT2D eigenvalue weighted by atomic mass is 10.2. The molecule has 0 unspecified atom stereocenters. The van der Waals surface area contributed by atoms with E-state index in [0.717, 1.165) is 15.5 Å². The Hall–Kier alpha value is -0.190. The highest BCUT2D eigenvalue weighted by Gasteiger charge is 2.00. The number of benzene rings is 1. The fourth-order valence-corrected chi connectivity index (χ4v) is 1.48. The van der Waals surface area contributed by atoms with Crippen LogP contribution in [0.1, 0.15) is 5.56 Å². The second-order valence-corrected chi connectivity index (χ2v) is 3.92. The van der Waals surface area contributed by atoms with Crippen LogP contribution in [-0.2, 0) is 0 Å². The highest BCUT2D eigenvalue weighted by atomic mass is 33.1. The van der Waals surface area contributed by atoms with Crippen molar-refractivity contribution in [3.8, 4) is 5.75 Å². The van der Waals surface area contributed by atoms with Crippen molar-refractivity contribution in [3.05, 3.63) is 29.8 Å². The molecule has 0 N–H and O–H groups in total. The zero-order chi connectivity index (χ0) is 8.97. The van der Waals surface area contributed by atoms with E-state index in [-0.39, 0.29) is 0 Å². The standard InChI is InChI=1S/C8H8OS3/c1-9-7-4-2-3-6(5-7)8(10)12-11/h2-5,11H,1H3. The Morgan fingerprint density at radius 1 is 1.58 bits per heavy atom. The van der Waals surface area contributed by atoms with Gasteiger partial charge in [0.25, 0.3) is 0 Å². The topological polar surface area (TPSA) is 9.23 Å². The van der Waals surface area contributed by atoms with Crippen LogP contribution in [0.3, 0.4) is 0 Å². The van der Waals surface area contributed by atoms with E-state index < -0.39 is 0 Å². The number of rotatable bonds is 2. The molecule has 12 heavy (non-hydrogen) atoms. The first-order valence-corrected chi connectivity index (χ1v) is 5.55. The second-order valence-electron chi connectivity index (χ2n) is 2.11. The highest BCUT2D eigenvalue weighted by molar-refractivity contribution is 8.76. The van der Waals surface area contributed by atoms with E-state index in [0.29, 0.717) is 0 Å². The summed E-state index contributed by atoms with van der Waals surface area (Å²) in [5.41, 5.74) is 0.976. The average molecular weight is 216 g/mol. The number of methoxy groups -OCH3 is 1. The molecule has 0 saturated carbocycles. The third-order valence-corrected chi connectivity index (χ3v) is 3.19. The monoisotopic (exact) mass is 216 g/mol. The number of hydrogen-bond donors (Lipinski definition) is 1. The first-order valence-electron chi connectivity index (χ1n) is 3.27. The third kappa shape index (κ3) is 2.40. The lowest BCUT2D eigenvalue weighted by Crippen LogP contribution is -1.90. The molecule has 1 aromatic rings. The summed E-state index contributed by atoms with van der Waals surface area (Å²) in [5, 5.41) is 0. The quantitative estimate of drug-likeness (QED) is 0.463. The molecule has 1 nitrogen and oxygen atoms in total. The molecule has 0 aromatic heterocycles. The summed E-state index contributed by atoms with van der Waals surface area (Å²) in [7, 11) is 2.90. The van der Waals surface area contributed by atoms with E-state index in [1.807, 2.05) is 24.3 Å². The van der Waals surface area contributed by atoms with Crippen molar-refractivity contribution in [2.75, 3.05) is 7.11 Å². The molecule has 0 bridgehead atoms. The third-order valence-electron chi connectivity index (χ3n) is 1.39. The summed E-state index contributed by atoms with van der Waals surface area (Å²) in [6.07, 6.45) is 0. The van der Waals surface area contributed by atoms with E-state index in [4.69, 9.17) is 17.0 Å². The molecule has 1 aromatic carbocycles. The van der Waals surface area contributed by atoms with Crippen LogP contribution in [0.4, 0.5) is 0 Å². The summed E-state index contributed by atoms with van der Waals surface area (Å²) in [6, 6.07) is 7.62. The van der Waals surface area contributed by atoms with Crippen LogP contribution in [0, 0.1) is 0 Å². The van der Waals surface area contributed by atoms with Gasteiger partial charge in [0, 0.05) is 5.56 Å². The molecule has 1 rings (SSSR count). The number of hydrogen-bond acceptors (Lipinski definition) is 4. The fourth-order valence-electron chi connectivity index (χ4n) is 0.803. The predicted octanol–water partition coefficient (Wildman–Crippen LogP) is 2.95. The minimum absolute atomic E-state index is 0.761. The van der Waals surface area contributed by atoms with Gasteiger partial charge >= 0.3 is 0 Å². The summed E-state index contributed by atoms with van der Waals surface area (Å²) in [6.45, 7) is 0. The van der Waals surface area contributed by atoms with Crippen molar-refractivity contribution >= 4 is 38.9 Å². The van der Waals surface area contributed by atoms with Gasteiger partial charge in [-0.2, -0.15) is 0 Å². The van der Waals surface area contributed by atoms with E-state index >= 15 is 0 Å². The van der Waals surface area contributed by atoms with Crippen molar-refractivity contribution in [1.82, 2.24) is 0 Å². The molecule has 0 saturated heterocycles. The number of thiol groups is 1. The van der Waals surface area contributed by atoms with Gasteiger partial charge in [-0.15, -0.1) is 11.7 Å². The van der Waals surface area contributed by atoms with Gasteiger partial charge in [-0.25, -0.2) is 0 Å². The number of thiocarbonyl (C=S) groups is 1. The van der Waals surface area contributed by atoms with Crippen LogP contribution in [0.5, 0.6) is 5.75 Å². The molecule has 0 atom stereocenters. The van der Waals surface area contributed by atoms with E-state index in [2.05, 4.69) is 11.7 Å². The Balaban J connectivity index is 2.93. The van der Waals surface area contributed by atoms with Crippen molar-refractivity contribution in [3.63, 3.8) is 0 Å². The minimum atomic E-state index is 0.761. The molecule has 0 heterocycles. The van der Waals surface area contributed by atoms with Gasteiger partial charge in [0.05, 0.1) is 11.3 Å². The Labute approximate surface area is 86.3 Å². The lowest BCUT2D eigenvalue weighted by Gasteiger charge is -2.02. The Kier molecular flexibility index (Phi) is 3.91. The zero-order valence-electron chi connectivity index (χ0n) is 6.48. The average Bonchev–Trinajstić information content (AvgIpc) is 2.17. The number of ether oxygens (including phenoxy) is 1. The Morgan fingerprint density at radius 3 is 2.92 bits per heavy atom. The maximum Gasteiger partial charge on any atom is 0.119 e. The van der Waals surface area contributed by atoms with Gasteiger partial charge in [-0.05, 0) is 22.9 Å². The molecular formula is C8H8OS3. The van der Waals surface area contributed by atoms with E-state index in [9.17, 15) is 0 Å². The molecule has 0 radical (unpaired) electrons. The molecule has 0 fully saturated rings. The molecule has 0 aliphatic heterocycles. The minimum Gasteiger partial charge on any atom is -0.497 e. The van der Waals surface area contributed by atoms with Gasteiger partial charge in [0.2, 0.25) is 0 Å². The van der Waals surface area contributed by atoms with Crippen molar-refractivity contribution in [2.24, 2.45) is 0 Å². The summed E-state index contributed by atoms with van der Waals surface area (Å²) in [4.78, 5) is 0. The molecule has 0 aliphatic rings. The summed E-state index contributed by atoms with van der Waals surface area (Å²) in [5.74, 6) is 0.817. The van der Waals surface area contributed by atoms with Crippen LogP contribution in [0.15, 0.2) is 24.3 Å². The normalized spacial score (nSPS) is 9.50. The molecule has 0 amide bonds. The van der Waals surface area contributed by atoms with Crippen LogP contribution in [0.25, 0.3) is 0 Å². The van der Waals surface area contributed by atoms with Gasteiger partial charge in [-0.1, -0.05) is 24.4 Å². The lowest BCUT2D eigenvalue weighted by molar-refractivity contribution is 0.415. The van der Waals surface area contributed by atoms with Gasteiger partial charge in [0.1, 0.15) is 5.75 Å². The van der Waals surface area contributed by atoms with Crippen molar-refractivity contribution in [2.45, 2.75) is 0 Å². The first-order chi connectivity index (χ1) is 5.77. The van der Waals surface area contributed by atoms with Gasteiger partial charge < -0.3 is 4.74 Å². The van der Waals surface area contributed by atoms with Crippen LogP contribution < -0.4 is 4.74 Å². The first kappa shape index (κ1) is 9.89. The van der Waals surface area contributed by atoms with E-state index in [1.165, 1.54) is 10.8 Å². The van der Waals surface area contributed by atoms with Crippen molar-refractivity contribution < 1.29 is 4.74 Å². The van der Waals surface area contributed by atoms with Crippen LogP contribution >= 0.6 is 34.7 Å². The SMILES string of the molecule is COc1cccc(C(=S)SS)c1. The predicted molar refractivity (Wildman–Crippen MR) is 61.3 cm³/mol. The Morgan fingerprint density at radius 2 is 2.33 bits per heavy atom. The maximum atomic E-state index is 5.06. The molecule has 4 heteroatoms. The molecular weight excluding hydrogens is 208 g/mol. The van der Waals surface area contributed by atoms with Gasteiger partial charge in [0.15, 0.2) is 0 Å². The highest BCUT2D eigenvalue weighted by Crippen LogP contribution is 2.20. The van der Waals surface area contributed by atoms with E-state index in [1.54, 1.807) is 7.11 Å². The smallest absolute Gasteiger partial charge is 0.119 e. The molecule has 0 aliphatic carbocycles. The fraction of sp³-hybridized carbons (Fsp3) is 0.125. The largest absolute Gasteiger partial charge is 0.497 e. The maximum absolute atomic E-state index is 5.06. The van der Waals surface area contributed by atoms with Crippen LogP contribution in [-0.4, -0.2) is 11.3 Å².